The highest BCUT2D eigenvalue weighted by molar-refractivity contribution is 9.10. The molecule has 0 radical (unpaired) electrons. The molecule has 3 heteroatoms. The van der Waals surface area contributed by atoms with Crippen molar-refractivity contribution < 1.29 is 5.11 Å². The van der Waals surface area contributed by atoms with Crippen molar-refractivity contribution in [2.75, 3.05) is 0 Å². The van der Waals surface area contributed by atoms with Crippen molar-refractivity contribution in [2.45, 2.75) is 18.9 Å². The molecule has 0 aliphatic heterocycles. The summed E-state index contributed by atoms with van der Waals surface area (Å²) in [6.07, 6.45) is 2.72. The van der Waals surface area contributed by atoms with Crippen molar-refractivity contribution in [1.82, 2.24) is 0 Å². The van der Waals surface area contributed by atoms with Crippen LogP contribution in [0.5, 0.6) is 0 Å². The smallest absolute Gasteiger partial charge is 0.0807 e. The number of benzene rings is 1. The summed E-state index contributed by atoms with van der Waals surface area (Å²) in [5.41, 5.74) is 0.775. The summed E-state index contributed by atoms with van der Waals surface area (Å²) in [4.78, 5) is 0. The highest BCUT2D eigenvalue weighted by atomic mass is 79.9. The van der Waals surface area contributed by atoms with E-state index >= 15 is 0 Å². The van der Waals surface area contributed by atoms with Gasteiger partial charge in [0.05, 0.1) is 6.10 Å². The van der Waals surface area contributed by atoms with Gasteiger partial charge in [-0.3, -0.25) is 0 Å². The Bertz CT molecular complexity index is 325. The van der Waals surface area contributed by atoms with E-state index in [4.69, 9.17) is 11.6 Å². The number of aliphatic hydroxyl groups is 1. The van der Waals surface area contributed by atoms with E-state index in [0.717, 1.165) is 16.5 Å². The molecule has 1 aromatic carbocycles. The summed E-state index contributed by atoms with van der Waals surface area (Å²) >= 11 is 9.30. The molecule has 1 rings (SSSR count). The fourth-order valence-electron chi connectivity index (χ4n) is 1.20. The summed E-state index contributed by atoms with van der Waals surface area (Å²) < 4.78 is 0.919. The molecule has 0 fully saturated rings. The van der Waals surface area contributed by atoms with E-state index in [1.165, 1.54) is 0 Å². The Kier molecular flexibility index (Phi) is 4.66. The molecule has 0 spiro atoms. The van der Waals surface area contributed by atoms with Crippen LogP contribution >= 0.6 is 27.5 Å². The van der Waals surface area contributed by atoms with Gasteiger partial charge in [-0.2, -0.15) is 0 Å². The molecule has 0 saturated heterocycles. The minimum absolute atomic E-state index is 0.506. The van der Waals surface area contributed by atoms with E-state index in [9.17, 15) is 5.11 Å². The molecule has 1 unspecified atom stereocenters. The lowest BCUT2D eigenvalue weighted by Crippen LogP contribution is -1.97. The molecule has 0 aliphatic rings. The summed E-state index contributed by atoms with van der Waals surface area (Å²) in [5, 5.41) is 10.4. The second-order valence-electron chi connectivity index (χ2n) is 3.05. The van der Waals surface area contributed by atoms with Crippen LogP contribution in [-0.4, -0.2) is 5.11 Å². The molecule has 0 bridgehead atoms. The Morgan fingerprint density at radius 1 is 1.57 bits per heavy atom. The predicted octanol–water partition coefficient (Wildman–Crippen LogP) is 4.10. The molecule has 14 heavy (non-hydrogen) atoms. The molecular weight excluding hydrogens is 263 g/mol. The third kappa shape index (κ3) is 3.12. The van der Waals surface area contributed by atoms with Crippen LogP contribution in [0.25, 0.3) is 0 Å². The van der Waals surface area contributed by atoms with Crippen LogP contribution in [0.1, 0.15) is 24.5 Å². The number of allylic oxidation sites excluding steroid dienone is 1. The molecule has 76 valence electrons. The Balaban J connectivity index is 2.78. The second-order valence-corrected chi connectivity index (χ2v) is 4.37. The number of halogens is 2. The van der Waals surface area contributed by atoms with Gasteiger partial charge in [0.2, 0.25) is 0 Å². The molecule has 0 aliphatic carbocycles. The maximum Gasteiger partial charge on any atom is 0.0807 e. The van der Waals surface area contributed by atoms with Gasteiger partial charge in [-0.05, 0) is 30.5 Å². The van der Waals surface area contributed by atoms with E-state index in [2.05, 4.69) is 22.5 Å². The van der Waals surface area contributed by atoms with Gasteiger partial charge in [0.1, 0.15) is 0 Å². The van der Waals surface area contributed by atoms with Crippen LogP contribution in [0.15, 0.2) is 35.3 Å². The Labute approximate surface area is 97.5 Å². The summed E-state index contributed by atoms with van der Waals surface area (Å²) in [5.74, 6) is 0. The third-order valence-electron chi connectivity index (χ3n) is 1.97. The van der Waals surface area contributed by atoms with Gasteiger partial charge in [0.25, 0.3) is 0 Å². The van der Waals surface area contributed by atoms with Crippen molar-refractivity contribution in [3.63, 3.8) is 0 Å². The highest BCUT2D eigenvalue weighted by Crippen LogP contribution is 2.28. The molecule has 0 heterocycles. The van der Waals surface area contributed by atoms with E-state index in [1.807, 2.05) is 12.1 Å². The Hall–Kier alpha value is -0.310. The average molecular weight is 276 g/mol. The van der Waals surface area contributed by atoms with Gasteiger partial charge in [-0.15, -0.1) is 6.58 Å². The first-order valence-corrected chi connectivity index (χ1v) is 5.56. The van der Waals surface area contributed by atoms with Crippen LogP contribution in [0, 0.1) is 0 Å². The molecule has 0 aromatic heterocycles. The van der Waals surface area contributed by atoms with Crippen LogP contribution in [0.2, 0.25) is 5.02 Å². The Morgan fingerprint density at radius 2 is 2.29 bits per heavy atom. The standard InChI is InChI=1S/C11H12BrClO/c1-2-3-4-11(14)9-6-5-8(12)7-10(9)13/h2,5-7,11,14H,1,3-4H2. The second kappa shape index (κ2) is 5.54. The van der Waals surface area contributed by atoms with Gasteiger partial charge in [0, 0.05) is 9.50 Å². The molecule has 1 N–H and O–H groups in total. The number of rotatable bonds is 4. The average Bonchev–Trinajstić information content (AvgIpc) is 2.14. The first kappa shape index (κ1) is 11.8. The third-order valence-corrected chi connectivity index (χ3v) is 2.79. The van der Waals surface area contributed by atoms with Crippen LogP contribution in [0.4, 0.5) is 0 Å². The van der Waals surface area contributed by atoms with Gasteiger partial charge < -0.3 is 5.11 Å². The van der Waals surface area contributed by atoms with Crippen molar-refractivity contribution in [1.29, 1.82) is 0 Å². The summed E-state index contributed by atoms with van der Waals surface area (Å²) in [7, 11) is 0. The van der Waals surface area contributed by atoms with E-state index in [0.29, 0.717) is 11.4 Å². The molecular formula is C11H12BrClO. The van der Waals surface area contributed by atoms with E-state index in [1.54, 1.807) is 12.1 Å². The Morgan fingerprint density at radius 3 is 2.86 bits per heavy atom. The zero-order valence-electron chi connectivity index (χ0n) is 7.71. The van der Waals surface area contributed by atoms with E-state index < -0.39 is 6.10 Å². The number of hydrogen-bond donors (Lipinski definition) is 1. The number of hydrogen-bond acceptors (Lipinski definition) is 1. The van der Waals surface area contributed by atoms with Crippen LogP contribution in [-0.2, 0) is 0 Å². The minimum atomic E-state index is -0.506. The topological polar surface area (TPSA) is 20.2 Å². The quantitative estimate of drug-likeness (QED) is 0.820. The molecule has 1 aromatic rings. The zero-order chi connectivity index (χ0) is 10.6. The maximum absolute atomic E-state index is 9.78. The molecule has 1 atom stereocenters. The van der Waals surface area contributed by atoms with Gasteiger partial charge in [-0.1, -0.05) is 39.7 Å². The summed E-state index contributed by atoms with van der Waals surface area (Å²) in [6.45, 7) is 3.61. The summed E-state index contributed by atoms with van der Waals surface area (Å²) in [6, 6.07) is 5.49. The molecule has 0 amide bonds. The largest absolute Gasteiger partial charge is 0.388 e. The van der Waals surface area contributed by atoms with Crippen molar-refractivity contribution in [2.24, 2.45) is 0 Å². The number of aliphatic hydroxyl groups excluding tert-OH is 1. The van der Waals surface area contributed by atoms with E-state index in [-0.39, 0.29) is 0 Å². The fourth-order valence-corrected chi connectivity index (χ4v) is 2.00. The zero-order valence-corrected chi connectivity index (χ0v) is 10.1. The van der Waals surface area contributed by atoms with Crippen molar-refractivity contribution in [3.8, 4) is 0 Å². The molecule has 1 nitrogen and oxygen atoms in total. The monoisotopic (exact) mass is 274 g/mol. The van der Waals surface area contributed by atoms with Gasteiger partial charge in [0.15, 0.2) is 0 Å². The SMILES string of the molecule is C=CCCC(O)c1ccc(Br)cc1Cl. The first-order chi connectivity index (χ1) is 6.65. The van der Waals surface area contributed by atoms with Crippen molar-refractivity contribution >= 4 is 27.5 Å². The normalized spacial score (nSPS) is 12.5. The lowest BCUT2D eigenvalue weighted by molar-refractivity contribution is 0.169. The van der Waals surface area contributed by atoms with Crippen molar-refractivity contribution in [3.05, 3.63) is 45.9 Å². The van der Waals surface area contributed by atoms with Gasteiger partial charge in [-0.25, -0.2) is 0 Å². The molecule has 0 saturated carbocycles. The lowest BCUT2D eigenvalue weighted by Gasteiger charge is -2.11. The fraction of sp³-hybridized carbons (Fsp3) is 0.273. The van der Waals surface area contributed by atoms with Gasteiger partial charge >= 0.3 is 0 Å². The highest BCUT2D eigenvalue weighted by Gasteiger charge is 2.10. The lowest BCUT2D eigenvalue weighted by atomic mass is 10.1. The first-order valence-electron chi connectivity index (χ1n) is 4.39. The van der Waals surface area contributed by atoms with Crippen LogP contribution in [0.3, 0.4) is 0 Å². The predicted molar refractivity (Wildman–Crippen MR) is 63.5 cm³/mol. The maximum atomic E-state index is 9.78. The minimum Gasteiger partial charge on any atom is -0.388 e. The van der Waals surface area contributed by atoms with Crippen LogP contribution < -0.4 is 0 Å².